The van der Waals surface area contributed by atoms with Crippen molar-refractivity contribution in [2.45, 2.75) is 19.5 Å². The fraction of sp³-hybridized carbons (Fsp3) is 0.316. The van der Waals surface area contributed by atoms with E-state index in [0.717, 1.165) is 29.3 Å². The molecule has 0 atom stereocenters. The minimum absolute atomic E-state index is 0.533. The summed E-state index contributed by atoms with van der Waals surface area (Å²) >= 11 is 0. The number of rotatable bonds is 8. The van der Waals surface area contributed by atoms with Crippen LogP contribution in [0.2, 0.25) is 0 Å². The van der Waals surface area contributed by atoms with Gasteiger partial charge in [-0.25, -0.2) is 9.98 Å². The maximum absolute atomic E-state index is 5.37. The number of aliphatic imine (C=N–C) groups is 1. The van der Waals surface area contributed by atoms with E-state index in [4.69, 9.17) is 9.15 Å². The van der Waals surface area contributed by atoms with Crippen molar-refractivity contribution in [1.82, 2.24) is 25.4 Å². The Hall–Kier alpha value is -3.29. The summed E-state index contributed by atoms with van der Waals surface area (Å²) in [4.78, 5) is 8.89. The molecule has 2 aromatic heterocycles. The third-order valence-corrected chi connectivity index (χ3v) is 4.04. The highest BCUT2D eigenvalue weighted by atomic mass is 16.5. The Morgan fingerprint density at radius 2 is 2.07 bits per heavy atom. The minimum Gasteiger partial charge on any atom is -0.497 e. The zero-order chi connectivity index (χ0) is 18.9. The van der Waals surface area contributed by atoms with Gasteiger partial charge in [0.1, 0.15) is 23.7 Å². The summed E-state index contributed by atoms with van der Waals surface area (Å²) in [6.07, 6.45) is 4.00. The molecule has 8 heteroatoms. The second kappa shape index (κ2) is 9.42. The number of ether oxygens (including phenoxy) is 1. The van der Waals surface area contributed by atoms with Gasteiger partial charge in [-0.15, -0.1) is 0 Å². The standard InChI is InChI=1S/C19H24N6O2/c1-25-18(23-14-24-25)13-22-19(20-10-9-17-4-3-11-27-17)21-12-15-5-7-16(26-2)8-6-15/h3-8,11,14H,9-10,12-13H2,1-2H3,(H2,20,21,22). The van der Waals surface area contributed by atoms with Crippen LogP contribution in [0.3, 0.4) is 0 Å². The van der Waals surface area contributed by atoms with Gasteiger partial charge in [0.25, 0.3) is 0 Å². The predicted molar refractivity (Wildman–Crippen MR) is 102 cm³/mol. The van der Waals surface area contributed by atoms with Crippen molar-refractivity contribution in [3.8, 4) is 5.75 Å². The molecule has 0 bridgehead atoms. The Morgan fingerprint density at radius 3 is 2.74 bits per heavy atom. The molecule has 1 aromatic carbocycles. The monoisotopic (exact) mass is 368 g/mol. The van der Waals surface area contributed by atoms with Crippen molar-refractivity contribution in [3.05, 3.63) is 66.1 Å². The van der Waals surface area contributed by atoms with Gasteiger partial charge in [-0.05, 0) is 29.8 Å². The van der Waals surface area contributed by atoms with Crippen LogP contribution < -0.4 is 15.4 Å². The third-order valence-electron chi connectivity index (χ3n) is 4.04. The Labute approximate surface area is 158 Å². The fourth-order valence-corrected chi connectivity index (χ4v) is 2.48. The van der Waals surface area contributed by atoms with E-state index in [1.807, 2.05) is 43.4 Å². The molecular formula is C19H24N6O2. The van der Waals surface area contributed by atoms with Crippen molar-refractivity contribution >= 4 is 5.96 Å². The van der Waals surface area contributed by atoms with Gasteiger partial charge in [0, 0.05) is 20.0 Å². The van der Waals surface area contributed by atoms with E-state index in [9.17, 15) is 0 Å². The molecule has 27 heavy (non-hydrogen) atoms. The van der Waals surface area contributed by atoms with E-state index in [0.29, 0.717) is 25.6 Å². The lowest BCUT2D eigenvalue weighted by Crippen LogP contribution is -2.38. The van der Waals surface area contributed by atoms with Crippen LogP contribution in [0.1, 0.15) is 17.1 Å². The summed E-state index contributed by atoms with van der Waals surface area (Å²) < 4.78 is 12.3. The lowest BCUT2D eigenvalue weighted by atomic mass is 10.2. The molecule has 142 valence electrons. The van der Waals surface area contributed by atoms with Gasteiger partial charge < -0.3 is 19.8 Å². The van der Waals surface area contributed by atoms with E-state index in [1.54, 1.807) is 18.1 Å². The molecule has 0 radical (unpaired) electrons. The number of methoxy groups -OCH3 is 1. The van der Waals surface area contributed by atoms with Crippen LogP contribution >= 0.6 is 0 Å². The smallest absolute Gasteiger partial charge is 0.191 e. The van der Waals surface area contributed by atoms with E-state index in [1.165, 1.54) is 6.33 Å². The van der Waals surface area contributed by atoms with Gasteiger partial charge in [0.15, 0.2) is 5.96 Å². The first-order valence-electron chi connectivity index (χ1n) is 8.75. The summed E-state index contributed by atoms with van der Waals surface area (Å²) in [6.45, 7) is 1.80. The maximum Gasteiger partial charge on any atom is 0.191 e. The number of nitrogens with zero attached hydrogens (tertiary/aromatic N) is 4. The maximum atomic E-state index is 5.37. The molecular weight excluding hydrogens is 344 g/mol. The van der Waals surface area contributed by atoms with Gasteiger partial charge >= 0.3 is 0 Å². The van der Waals surface area contributed by atoms with E-state index in [2.05, 4.69) is 25.7 Å². The molecule has 0 fully saturated rings. The normalized spacial score (nSPS) is 11.4. The Kier molecular flexibility index (Phi) is 6.45. The SMILES string of the molecule is COc1ccc(CN=C(NCCc2ccco2)NCc2ncnn2C)cc1. The number of hydrogen-bond acceptors (Lipinski definition) is 5. The zero-order valence-corrected chi connectivity index (χ0v) is 15.6. The lowest BCUT2D eigenvalue weighted by molar-refractivity contribution is 0.414. The summed E-state index contributed by atoms with van der Waals surface area (Å²) in [5, 5.41) is 10.7. The van der Waals surface area contributed by atoms with Crippen LogP contribution in [0.4, 0.5) is 0 Å². The van der Waals surface area contributed by atoms with Gasteiger partial charge in [0.2, 0.25) is 0 Å². The average Bonchev–Trinajstić information content (AvgIpc) is 3.35. The molecule has 0 aliphatic heterocycles. The number of benzene rings is 1. The Balaban J connectivity index is 1.60. The van der Waals surface area contributed by atoms with E-state index in [-0.39, 0.29) is 0 Å². The van der Waals surface area contributed by atoms with Crippen molar-refractivity contribution in [2.75, 3.05) is 13.7 Å². The second-order valence-corrected chi connectivity index (χ2v) is 5.92. The van der Waals surface area contributed by atoms with Crippen molar-refractivity contribution in [3.63, 3.8) is 0 Å². The third kappa shape index (κ3) is 5.60. The van der Waals surface area contributed by atoms with Crippen molar-refractivity contribution in [2.24, 2.45) is 12.0 Å². The van der Waals surface area contributed by atoms with Crippen LogP contribution in [0.25, 0.3) is 0 Å². The second-order valence-electron chi connectivity index (χ2n) is 5.92. The zero-order valence-electron chi connectivity index (χ0n) is 15.6. The van der Waals surface area contributed by atoms with Gasteiger partial charge in [-0.2, -0.15) is 5.10 Å². The van der Waals surface area contributed by atoms with Gasteiger partial charge in [-0.3, -0.25) is 4.68 Å². The topological polar surface area (TPSA) is 89.5 Å². The van der Waals surface area contributed by atoms with Crippen LogP contribution in [0.5, 0.6) is 5.75 Å². The highest BCUT2D eigenvalue weighted by Gasteiger charge is 2.04. The number of guanidine groups is 1. The molecule has 2 heterocycles. The van der Waals surface area contributed by atoms with Crippen LogP contribution in [0.15, 0.2) is 58.4 Å². The fourth-order valence-electron chi connectivity index (χ4n) is 2.48. The highest BCUT2D eigenvalue weighted by molar-refractivity contribution is 5.79. The minimum atomic E-state index is 0.533. The molecule has 8 nitrogen and oxygen atoms in total. The molecule has 0 unspecified atom stereocenters. The lowest BCUT2D eigenvalue weighted by Gasteiger charge is -2.12. The van der Waals surface area contributed by atoms with Crippen LogP contribution in [-0.4, -0.2) is 34.4 Å². The number of aryl methyl sites for hydroxylation is 1. The summed E-state index contributed by atoms with van der Waals surface area (Å²) in [6, 6.07) is 11.7. The Bertz CT molecular complexity index is 839. The molecule has 0 aliphatic rings. The van der Waals surface area contributed by atoms with Gasteiger partial charge in [0.05, 0.1) is 26.5 Å². The molecule has 0 saturated carbocycles. The highest BCUT2D eigenvalue weighted by Crippen LogP contribution is 2.11. The summed E-state index contributed by atoms with van der Waals surface area (Å²) in [5.74, 6) is 3.31. The molecule has 0 aliphatic carbocycles. The first-order chi connectivity index (χ1) is 13.2. The number of nitrogens with one attached hydrogen (secondary N) is 2. The first kappa shape index (κ1) is 18.5. The predicted octanol–water partition coefficient (Wildman–Crippen LogP) is 1.89. The number of hydrogen-bond donors (Lipinski definition) is 2. The quantitative estimate of drug-likeness (QED) is 0.466. The number of aromatic nitrogens is 3. The Morgan fingerprint density at radius 1 is 1.22 bits per heavy atom. The first-order valence-corrected chi connectivity index (χ1v) is 8.75. The summed E-state index contributed by atoms with van der Waals surface area (Å²) in [5.41, 5.74) is 1.10. The molecule has 0 saturated heterocycles. The molecule has 0 spiro atoms. The van der Waals surface area contributed by atoms with E-state index < -0.39 is 0 Å². The number of furan rings is 1. The average molecular weight is 368 g/mol. The van der Waals surface area contributed by atoms with E-state index >= 15 is 0 Å². The molecule has 0 amide bonds. The summed E-state index contributed by atoms with van der Waals surface area (Å²) in [7, 11) is 3.52. The molecule has 2 N–H and O–H groups in total. The van der Waals surface area contributed by atoms with Crippen molar-refractivity contribution in [1.29, 1.82) is 0 Å². The van der Waals surface area contributed by atoms with Crippen molar-refractivity contribution < 1.29 is 9.15 Å². The largest absolute Gasteiger partial charge is 0.497 e. The van der Waals surface area contributed by atoms with Crippen LogP contribution in [-0.2, 0) is 26.6 Å². The van der Waals surface area contributed by atoms with Gasteiger partial charge in [-0.1, -0.05) is 12.1 Å². The molecule has 3 rings (SSSR count). The molecule has 3 aromatic rings. The van der Waals surface area contributed by atoms with Crippen LogP contribution in [0, 0.1) is 0 Å².